The van der Waals surface area contributed by atoms with Gasteiger partial charge in [0.1, 0.15) is 11.5 Å². The first-order valence-corrected chi connectivity index (χ1v) is 9.66. The van der Waals surface area contributed by atoms with Gasteiger partial charge in [0.05, 0.1) is 11.4 Å². The van der Waals surface area contributed by atoms with E-state index in [0.717, 1.165) is 25.7 Å². The number of benzene rings is 2. The minimum absolute atomic E-state index is 0.00866. The van der Waals surface area contributed by atoms with Gasteiger partial charge >= 0.3 is 0 Å². The van der Waals surface area contributed by atoms with Crippen LogP contribution in [-0.4, -0.2) is 10.2 Å². The Hall–Kier alpha value is -2.36. The molecule has 6 N–H and O–H groups in total. The van der Waals surface area contributed by atoms with E-state index in [1.807, 2.05) is 12.1 Å². The first kappa shape index (κ1) is 17.1. The highest BCUT2D eigenvalue weighted by atomic mass is 16.3. The van der Waals surface area contributed by atoms with Crippen LogP contribution in [0.2, 0.25) is 0 Å². The fourth-order valence-corrected chi connectivity index (χ4v) is 5.75. The molecule has 0 heterocycles. The van der Waals surface area contributed by atoms with E-state index < -0.39 is 0 Å². The number of aromatic hydroxyl groups is 2. The Morgan fingerprint density at radius 3 is 1.27 bits per heavy atom. The molecule has 4 nitrogen and oxygen atoms in total. The van der Waals surface area contributed by atoms with Crippen molar-refractivity contribution in [2.45, 2.75) is 62.2 Å². The number of fused-ring (bicyclic) bond motifs is 1. The van der Waals surface area contributed by atoms with Crippen molar-refractivity contribution in [3.63, 3.8) is 0 Å². The molecule has 0 bridgehead atoms. The van der Waals surface area contributed by atoms with Gasteiger partial charge in [-0.1, -0.05) is 37.8 Å². The van der Waals surface area contributed by atoms with Gasteiger partial charge in [-0.2, -0.15) is 0 Å². The van der Waals surface area contributed by atoms with Crippen LogP contribution in [0.1, 0.15) is 62.5 Å². The second-order valence-electron chi connectivity index (χ2n) is 8.13. The average Bonchev–Trinajstić information content (AvgIpc) is 2.66. The van der Waals surface area contributed by atoms with E-state index in [1.165, 1.54) is 36.8 Å². The highest BCUT2D eigenvalue weighted by molar-refractivity contribution is 5.59. The highest BCUT2D eigenvalue weighted by Gasteiger charge is 2.55. The van der Waals surface area contributed by atoms with Crippen molar-refractivity contribution in [1.82, 2.24) is 0 Å². The number of phenolic OH excluding ortho intramolecular Hbond substituents is 2. The SMILES string of the molecule is Nc1cc(C23CCCCC2(c2ccc(O)c(N)c2)CCCC3)ccc1O. The zero-order valence-corrected chi connectivity index (χ0v) is 15.2. The minimum Gasteiger partial charge on any atom is -0.506 e. The van der Waals surface area contributed by atoms with Crippen molar-refractivity contribution >= 4 is 11.4 Å². The maximum atomic E-state index is 9.91. The summed E-state index contributed by atoms with van der Waals surface area (Å²) in [6.07, 6.45) is 9.31. The molecule has 0 radical (unpaired) electrons. The Labute approximate surface area is 154 Å². The van der Waals surface area contributed by atoms with Crippen molar-refractivity contribution in [2.75, 3.05) is 11.5 Å². The van der Waals surface area contributed by atoms with Crippen molar-refractivity contribution in [3.8, 4) is 11.5 Å². The van der Waals surface area contributed by atoms with Crippen LogP contribution in [0, 0.1) is 0 Å². The van der Waals surface area contributed by atoms with Crippen LogP contribution < -0.4 is 11.5 Å². The zero-order valence-electron chi connectivity index (χ0n) is 15.2. The summed E-state index contributed by atoms with van der Waals surface area (Å²) in [6.45, 7) is 0. The average molecular weight is 352 g/mol. The van der Waals surface area contributed by atoms with Crippen molar-refractivity contribution in [2.24, 2.45) is 0 Å². The maximum absolute atomic E-state index is 9.91. The van der Waals surface area contributed by atoms with Gasteiger partial charge in [-0.3, -0.25) is 0 Å². The van der Waals surface area contributed by atoms with Crippen LogP contribution in [0.5, 0.6) is 11.5 Å². The molecule has 2 aromatic rings. The Morgan fingerprint density at radius 2 is 0.962 bits per heavy atom. The molecule has 0 saturated heterocycles. The van der Waals surface area contributed by atoms with E-state index in [1.54, 1.807) is 12.1 Å². The van der Waals surface area contributed by atoms with E-state index in [0.29, 0.717) is 11.4 Å². The van der Waals surface area contributed by atoms with Gasteiger partial charge in [-0.05, 0) is 61.1 Å². The van der Waals surface area contributed by atoms with E-state index in [2.05, 4.69) is 12.1 Å². The lowest BCUT2D eigenvalue weighted by Gasteiger charge is -2.58. The summed E-state index contributed by atoms with van der Waals surface area (Å²) in [5.41, 5.74) is 15.5. The Balaban J connectivity index is 1.93. The summed E-state index contributed by atoms with van der Waals surface area (Å²) >= 11 is 0. The van der Waals surface area contributed by atoms with Gasteiger partial charge in [0, 0.05) is 10.8 Å². The lowest BCUT2D eigenvalue weighted by atomic mass is 9.46. The summed E-state index contributed by atoms with van der Waals surface area (Å²) in [5, 5.41) is 19.8. The zero-order chi connectivity index (χ0) is 18.4. The standard InChI is InChI=1S/C22H28N2O2/c23-17-13-15(5-7-19(17)25)21-9-1-2-10-22(21,12-4-3-11-21)16-6-8-20(26)18(24)14-16/h5-8,13-14,25-26H,1-4,9-12,23-24H2. The Kier molecular flexibility index (Phi) is 4.02. The number of phenols is 2. The lowest BCUT2D eigenvalue weighted by molar-refractivity contribution is 0.0810. The van der Waals surface area contributed by atoms with Crippen LogP contribution in [0.25, 0.3) is 0 Å². The third-order valence-corrected chi connectivity index (χ3v) is 6.99. The summed E-state index contributed by atoms with van der Waals surface area (Å²) in [7, 11) is 0. The summed E-state index contributed by atoms with van der Waals surface area (Å²) in [5.74, 6) is 0.299. The van der Waals surface area contributed by atoms with Crippen LogP contribution in [0.15, 0.2) is 36.4 Å². The third kappa shape index (κ3) is 2.35. The fraction of sp³-hybridized carbons (Fsp3) is 0.455. The summed E-state index contributed by atoms with van der Waals surface area (Å²) in [4.78, 5) is 0. The van der Waals surface area contributed by atoms with Gasteiger partial charge in [-0.15, -0.1) is 0 Å². The topological polar surface area (TPSA) is 92.5 Å². The number of nitrogen functional groups attached to an aromatic ring is 2. The quantitative estimate of drug-likeness (QED) is 0.470. The van der Waals surface area contributed by atoms with Gasteiger partial charge < -0.3 is 21.7 Å². The molecule has 0 spiro atoms. The molecule has 4 heteroatoms. The monoisotopic (exact) mass is 352 g/mol. The van der Waals surface area contributed by atoms with Gasteiger partial charge in [0.25, 0.3) is 0 Å². The van der Waals surface area contributed by atoms with Gasteiger partial charge in [0.2, 0.25) is 0 Å². The smallest absolute Gasteiger partial charge is 0.138 e. The molecule has 2 saturated carbocycles. The minimum atomic E-state index is 0.00866. The summed E-state index contributed by atoms with van der Waals surface area (Å²) in [6, 6.07) is 11.5. The van der Waals surface area contributed by atoms with Gasteiger partial charge in [-0.25, -0.2) is 0 Å². The first-order valence-electron chi connectivity index (χ1n) is 9.66. The number of rotatable bonds is 2. The number of anilines is 2. The van der Waals surface area contributed by atoms with Crippen molar-refractivity contribution in [3.05, 3.63) is 47.5 Å². The largest absolute Gasteiger partial charge is 0.506 e. The normalized spacial score (nSPS) is 28.5. The predicted molar refractivity (Wildman–Crippen MR) is 105 cm³/mol. The van der Waals surface area contributed by atoms with Crippen molar-refractivity contribution in [1.29, 1.82) is 0 Å². The summed E-state index contributed by atoms with van der Waals surface area (Å²) < 4.78 is 0. The molecule has 0 unspecified atom stereocenters. The number of hydrogen-bond donors (Lipinski definition) is 4. The van der Waals surface area contributed by atoms with Gasteiger partial charge in [0.15, 0.2) is 0 Å². The Morgan fingerprint density at radius 1 is 0.615 bits per heavy atom. The van der Waals surface area contributed by atoms with Crippen LogP contribution in [-0.2, 0) is 10.8 Å². The second-order valence-corrected chi connectivity index (χ2v) is 8.13. The third-order valence-electron chi connectivity index (χ3n) is 6.99. The molecule has 138 valence electrons. The molecule has 2 aliphatic carbocycles. The molecule has 0 aromatic heterocycles. The molecule has 4 rings (SSSR count). The molecule has 2 fully saturated rings. The molecular formula is C22H28N2O2. The van der Waals surface area contributed by atoms with Crippen LogP contribution in [0.4, 0.5) is 11.4 Å². The lowest BCUT2D eigenvalue weighted by Crippen LogP contribution is -2.53. The maximum Gasteiger partial charge on any atom is 0.138 e. The Bertz CT molecular complexity index is 749. The molecule has 2 aliphatic rings. The van der Waals surface area contributed by atoms with E-state index in [9.17, 15) is 10.2 Å². The molecule has 0 amide bonds. The van der Waals surface area contributed by atoms with E-state index >= 15 is 0 Å². The fourth-order valence-electron chi connectivity index (χ4n) is 5.75. The predicted octanol–water partition coefficient (Wildman–Crippen LogP) is 4.59. The molecular weight excluding hydrogens is 324 g/mol. The molecule has 0 aliphatic heterocycles. The second kappa shape index (κ2) is 6.11. The molecule has 2 aromatic carbocycles. The van der Waals surface area contributed by atoms with Crippen LogP contribution in [0.3, 0.4) is 0 Å². The number of nitrogens with two attached hydrogens (primary N) is 2. The number of hydrogen-bond acceptors (Lipinski definition) is 4. The highest BCUT2D eigenvalue weighted by Crippen LogP contribution is 2.61. The first-order chi connectivity index (χ1) is 12.5. The van der Waals surface area contributed by atoms with Crippen molar-refractivity contribution < 1.29 is 10.2 Å². The van der Waals surface area contributed by atoms with E-state index in [4.69, 9.17) is 11.5 Å². The van der Waals surface area contributed by atoms with Crippen LogP contribution >= 0.6 is 0 Å². The molecule has 26 heavy (non-hydrogen) atoms. The van der Waals surface area contributed by atoms with E-state index in [-0.39, 0.29) is 22.3 Å². The molecule has 0 atom stereocenters.